The van der Waals surface area contributed by atoms with Crippen molar-refractivity contribution in [1.82, 2.24) is 5.32 Å². The van der Waals surface area contributed by atoms with Crippen LogP contribution in [0, 0.1) is 5.41 Å². The molecule has 8 nitrogen and oxygen atoms in total. The topological polar surface area (TPSA) is 102 Å². The second-order valence-corrected chi connectivity index (χ2v) is 14.1. The van der Waals surface area contributed by atoms with Gasteiger partial charge in [-0.25, -0.2) is 13.2 Å². The molecule has 0 spiro atoms. The van der Waals surface area contributed by atoms with Gasteiger partial charge >= 0.3 is 5.97 Å². The van der Waals surface area contributed by atoms with Gasteiger partial charge in [-0.15, -0.1) is 0 Å². The lowest BCUT2D eigenvalue weighted by Gasteiger charge is -2.36. The summed E-state index contributed by atoms with van der Waals surface area (Å²) in [4.78, 5) is 27.9. The summed E-state index contributed by atoms with van der Waals surface area (Å²) in [6.07, 6.45) is 3.70. The molecule has 1 aliphatic rings. The molecule has 0 saturated heterocycles. The number of hydrogen-bond acceptors (Lipinski definition) is 7. The number of rotatable bonds is 13. The van der Waals surface area contributed by atoms with Crippen LogP contribution in [0.5, 0.6) is 5.75 Å². The monoisotopic (exact) mass is 684 g/mol. The van der Waals surface area contributed by atoms with E-state index in [4.69, 9.17) is 9.47 Å². The molecule has 0 bridgehead atoms. The summed E-state index contributed by atoms with van der Waals surface area (Å²) >= 11 is 3.56. The van der Waals surface area contributed by atoms with Crippen LogP contribution in [0.4, 0.5) is 11.4 Å². The van der Waals surface area contributed by atoms with Crippen molar-refractivity contribution in [2.45, 2.75) is 63.8 Å². The second kappa shape index (κ2) is 15.1. The zero-order valence-corrected chi connectivity index (χ0v) is 28.0. The highest BCUT2D eigenvalue weighted by molar-refractivity contribution is 9.10. The molecule has 2 atom stereocenters. The van der Waals surface area contributed by atoms with Gasteiger partial charge in [0.05, 0.1) is 27.4 Å². The minimum absolute atomic E-state index is 0.0229. The maximum atomic E-state index is 14.0. The normalized spacial score (nSPS) is 18.0. The predicted octanol–water partition coefficient (Wildman–Crippen LogP) is 6.63. The number of carbonyl (C=O) groups excluding carboxylic acids is 2. The smallest absolute Gasteiger partial charge is 0.328 e. The number of hydrogen-bond donors (Lipinski definition) is 1. The highest BCUT2D eigenvalue weighted by Crippen LogP contribution is 2.46. The molecular weight excluding hydrogens is 644 g/mol. The fourth-order valence-electron chi connectivity index (χ4n) is 5.64. The SMILES string of the molecule is CCCCC1(CC)CN(c2ccccc2)c2cc(Br)c(OCC(=O)N[C@@H](Cc3ccccc3)C(=O)OCC)cc2S(=O)(=O)C1. The van der Waals surface area contributed by atoms with Crippen molar-refractivity contribution in [3.8, 4) is 5.75 Å². The minimum Gasteiger partial charge on any atom is -0.483 e. The van der Waals surface area contributed by atoms with Crippen LogP contribution in [0.15, 0.2) is 82.2 Å². The standard InChI is InChI=1S/C34H41BrN2O6S/c1-4-7-18-34(5-2)23-37(26-16-12-9-13-17-26)29-20-27(35)30(21-31(29)44(40,41)24-34)43-22-32(38)36-28(33(39)42-6-3)19-25-14-10-8-11-15-25/h8-17,20-21,28H,4-7,18-19,22-24H2,1-3H3,(H,36,38)/t28-,34?/m0/s1. The lowest BCUT2D eigenvalue weighted by molar-refractivity contribution is -0.147. The third-order valence-corrected chi connectivity index (χ3v) is 10.7. The molecule has 1 aliphatic heterocycles. The first kappa shape index (κ1) is 33.5. The molecule has 1 amide bonds. The molecule has 4 rings (SSSR count). The fourth-order valence-corrected chi connectivity index (χ4v) is 8.26. The lowest BCUT2D eigenvalue weighted by atomic mass is 9.81. The average Bonchev–Trinajstić information content (AvgIpc) is 3.11. The molecule has 0 radical (unpaired) electrons. The molecule has 3 aromatic carbocycles. The van der Waals surface area contributed by atoms with Crippen molar-refractivity contribution in [3.05, 3.63) is 82.8 Å². The Hall–Kier alpha value is -3.37. The Balaban J connectivity index is 1.62. The van der Waals surface area contributed by atoms with Crippen LogP contribution in [0.25, 0.3) is 0 Å². The van der Waals surface area contributed by atoms with Gasteiger partial charge < -0.3 is 19.7 Å². The van der Waals surface area contributed by atoms with Crippen LogP contribution in [0.1, 0.15) is 52.0 Å². The van der Waals surface area contributed by atoms with E-state index in [1.807, 2.05) is 60.7 Å². The first-order valence-corrected chi connectivity index (χ1v) is 17.6. The maximum absolute atomic E-state index is 14.0. The molecule has 3 aromatic rings. The molecule has 10 heteroatoms. The highest BCUT2D eigenvalue weighted by Gasteiger charge is 2.42. The number of nitrogens with one attached hydrogen (secondary N) is 1. The number of para-hydroxylation sites is 1. The molecule has 236 valence electrons. The molecule has 0 aliphatic carbocycles. The average molecular weight is 686 g/mol. The number of unbranched alkanes of at least 4 members (excludes halogenated alkanes) is 1. The molecule has 0 aromatic heterocycles. The Kier molecular flexibility index (Phi) is 11.5. The summed E-state index contributed by atoms with van der Waals surface area (Å²) in [6.45, 7) is 6.22. The number of esters is 1. The van der Waals surface area contributed by atoms with Crippen molar-refractivity contribution < 1.29 is 27.5 Å². The predicted molar refractivity (Wildman–Crippen MR) is 176 cm³/mol. The largest absolute Gasteiger partial charge is 0.483 e. The van der Waals surface area contributed by atoms with Gasteiger partial charge in [0.15, 0.2) is 16.4 Å². The molecule has 44 heavy (non-hydrogen) atoms. The third kappa shape index (κ3) is 8.21. The molecule has 1 unspecified atom stereocenters. The summed E-state index contributed by atoms with van der Waals surface area (Å²) in [6, 6.07) is 21.5. The summed E-state index contributed by atoms with van der Waals surface area (Å²) in [5.41, 5.74) is 1.91. The van der Waals surface area contributed by atoms with Crippen LogP contribution < -0.4 is 15.0 Å². The highest BCUT2D eigenvalue weighted by atomic mass is 79.9. The van der Waals surface area contributed by atoms with Gasteiger partial charge in [0.25, 0.3) is 5.91 Å². The number of benzene rings is 3. The summed E-state index contributed by atoms with van der Waals surface area (Å²) in [5.74, 6) is -0.816. The Morgan fingerprint density at radius 1 is 1.02 bits per heavy atom. The van der Waals surface area contributed by atoms with Gasteiger partial charge in [0.1, 0.15) is 11.8 Å². The number of carbonyl (C=O) groups is 2. The first-order chi connectivity index (χ1) is 21.1. The van der Waals surface area contributed by atoms with Crippen LogP contribution >= 0.6 is 15.9 Å². The molecular formula is C34H41BrN2O6S. The van der Waals surface area contributed by atoms with Crippen molar-refractivity contribution in [3.63, 3.8) is 0 Å². The van der Waals surface area contributed by atoms with Crippen molar-refractivity contribution in [2.75, 3.05) is 30.4 Å². The van der Waals surface area contributed by atoms with E-state index in [2.05, 4.69) is 40.0 Å². The van der Waals surface area contributed by atoms with E-state index in [0.717, 1.165) is 36.9 Å². The van der Waals surface area contributed by atoms with E-state index in [1.54, 1.807) is 13.0 Å². The number of anilines is 2. The third-order valence-electron chi connectivity index (χ3n) is 8.06. The van der Waals surface area contributed by atoms with E-state index < -0.39 is 39.8 Å². The van der Waals surface area contributed by atoms with E-state index >= 15 is 0 Å². The number of nitrogens with zero attached hydrogens (tertiary/aromatic N) is 1. The number of ether oxygens (including phenoxy) is 2. The first-order valence-electron chi connectivity index (χ1n) is 15.1. The van der Waals surface area contributed by atoms with Gasteiger partial charge in [-0.3, -0.25) is 4.79 Å². The quantitative estimate of drug-likeness (QED) is 0.202. The fraction of sp³-hybridized carbons (Fsp3) is 0.412. The van der Waals surface area contributed by atoms with Crippen LogP contribution in [0.3, 0.4) is 0 Å². The zero-order chi connectivity index (χ0) is 31.7. The molecule has 1 heterocycles. The Morgan fingerprint density at radius 2 is 1.70 bits per heavy atom. The van der Waals surface area contributed by atoms with Crippen molar-refractivity contribution >= 4 is 49.0 Å². The number of sulfone groups is 1. The Labute approximate surface area is 269 Å². The van der Waals surface area contributed by atoms with E-state index in [1.165, 1.54) is 6.07 Å². The summed E-state index contributed by atoms with van der Waals surface area (Å²) < 4.78 is 39.7. The molecule has 0 saturated carbocycles. The van der Waals surface area contributed by atoms with E-state index in [-0.39, 0.29) is 29.4 Å². The Morgan fingerprint density at radius 3 is 2.34 bits per heavy atom. The Bertz CT molecular complexity index is 1530. The molecule has 0 fully saturated rings. The number of fused-ring (bicyclic) bond motifs is 1. The van der Waals surface area contributed by atoms with Gasteiger partial charge in [0.2, 0.25) is 0 Å². The van der Waals surface area contributed by atoms with Crippen LogP contribution in [-0.4, -0.2) is 51.8 Å². The van der Waals surface area contributed by atoms with Gasteiger partial charge in [0, 0.05) is 30.1 Å². The lowest BCUT2D eigenvalue weighted by Crippen LogP contribution is -2.45. The second-order valence-electron chi connectivity index (χ2n) is 11.2. The van der Waals surface area contributed by atoms with Crippen molar-refractivity contribution in [1.29, 1.82) is 0 Å². The van der Waals surface area contributed by atoms with Crippen molar-refractivity contribution in [2.24, 2.45) is 5.41 Å². The van der Waals surface area contributed by atoms with Crippen LogP contribution in [-0.2, 0) is 30.6 Å². The summed E-state index contributed by atoms with van der Waals surface area (Å²) in [7, 11) is -3.72. The van der Waals surface area contributed by atoms with E-state index in [0.29, 0.717) is 16.7 Å². The number of amides is 1. The van der Waals surface area contributed by atoms with E-state index in [9.17, 15) is 18.0 Å². The maximum Gasteiger partial charge on any atom is 0.328 e. The van der Waals surface area contributed by atoms with Gasteiger partial charge in [-0.2, -0.15) is 0 Å². The minimum atomic E-state index is -3.72. The summed E-state index contributed by atoms with van der Waals surface area (Å²) in [5, 5.41) is 2.71. The van der Waals surface area contributed by atoms with Gasteiger partial charge in [-0.05, 0) is 59.5 Å². The van der Waals surface area contributed by atoms with Gasteiger partial charge in [-0.1, -0.05) is 75.2 Å². The molecule has 1 N–H and O–H groups in total. The number of halogens is 1. The zero-order valence-electron chi connectivity index (χ0n) is 25.6. The van der Waals surface area contributed by atoms with Crippen LogP contribution in [0.2, 0.25) is 0 Å².